The van der Waals surface area contributed by atoms with Gasteiger partial charge in [-0.1, -0.05) is 31.2 Å². The highest BCUT2D eigenvalue weighted by Crippen LogP contribution is 2.34. The van der Waals surface area contributed by atoms with Gasteiger partial charge in [0.15, 0.2) is 0 Å². The Hall–Kier alpha value is -2.86. The van der Waals surface area contributed by atoms with Gasteiger partial charge in [0.2, 0.25) is 0 Å². The predicted octanol–water partition coefficient (Wildman–Crippen LogP) is 3.43. The van der Waals surface area contributed by atoms with Gasteiger partial charge in [-0.2, -0.15) is 0 Å². The Balaban J connectivity index is 1.82. The SMILES string of the molecule is CCCNC(=O)c1cccc(NC2c3ccccc3C(=O)N2CCCOC)c1. The molecule has 2 aromatic rings. The lowest BCUT2D eigenvalue weighted by Gasteiger charge is -2.27. The lowest BCUT2D eigenvalue weighted by molar-refractivity contribution is 0.0721. The lowest BCUT2D eigenvalue weighted by Crippen LogP contribution is -2.33. The molecule has 0 aromatic heterocycles. The molecule has 3 rings (SSSR count). The number of fused-ring (bicyclic) bond motifs is 1. The number of benzene rings is 2. The minimum absolute atomic E-state index is 0.0149. The average Bonchev–Trinajstić information content (AvgIpc) is 2.98. The summed E-state index contributed by atoms with van der Waals surface area (Å²) >= 11 is 0. The monoisotopic (exact) mass is 381 g/mol. The summed E-state index contributed by atoms with van der Waals surface area (Å²) in [6, 6.07) is 15.0. The van der Waals surface area contributed by atoms with E-state index in [1.165, 1.54) is 0 Å². The number of carbonyl (C=O) groups is 2. The van der Waals surface area contributed by atoms with Gasteiger partial charge in [0.25, 0.3) is 11.8 Å². The highest BCUT2D eigenvalue weighted by Gasteiger charge is 2.36. The smallest absolute Gasteiger partial charge is 0.256 e. The first-order valence-corrected chi connectivity index (χ1v) is 9.69. The van der Waals surface area contributed by atoms with Gasteiger partial charge in [-0.05, 0) is 37.1 Å². The van der Waals surface area contributed by atoms with Crippen molar-refractivity contribution in [2.45, 2.75) is 25.9 Å². The number of hydrogen-bond acceptors (Lipinski definition) is 4. The van der Waals surface area contributed by atoms with E-state index < -0.39 is 0 Å². The van der Waals surface area contributed by atoms with Gasteiger partial charge in [-0.25, -0.2) is 0 Å². The van der Waals surface area contributed by atoms with Crippen molar-refractivity contribution in [1.82, 2.24) is 10.2 Å². The van der Waals surface area contributed by atoms with Crippen LogP contribution in [0.4, 0.5) is 5.69 Å². The molecule has 0 fully saturated rings. The standard InChI is InChI=1S/C22H27N3O3/c1-3-12-23-21(26)16-8-6-9-17(15-16)24-20-18-10-4-5-11-19(18)22(27)25(20)13-7-14-28-2/h4-6,8-11,15,20,24H,3,7,12-14H2,1-2H3,(H,23,26). The molecule has 0 saturated heterocycles. The van der Waals surface area contributed by atoms with Crippen LogP contribution in [0.5, 0.6) is 0 Å². The number of amides is 2. The summed E-state index contributed by atoms with van der Waals surface area (Å²) in [5.74, 6) is -0.0774. The van der Waals surface area contributed by atoms with Crippen LogP contribution in [-0.2, 0) is 4.74 Å². The van der Waals surface area contributed by atoms with Crippen molar-refractivity contribution in [3.63, 3.8) is 0 Å². The van der Waals surface area contributed by atoms with Crippen molar-refractivity contribution >= 4 is 17.5 Å². The molecule has 148 valence electrons. The molecule has 0 spiro atoms. The zero-order valence-corrected chi connectivity index (χ0v) is 16.4. The number of nitrogens with one attached hydrogen (secondary N) is 2. The van der Waals surface area contributed by atoms with Crippen molar-refractivity contribution in [1.29, 1.82) is 0 Å². The van der Waals surface area contributed by atoms with Gasteiger partial charge >= 0.3 is 0 Å². The molecule has 6 nitrogen and oxygen atoms in total. The Morgan fingerprint density at radius 1 is 1.18 bits per heavy atom. The molecule has 1 heterocycles. The van der Waals surface area contributed by atoms with E-state index in [1.807, 2.05) is 54.3 Å². The predicted molar refractivity (Wildman–Crippen MR) is 109 cm³/mol. The summed E-state index contributed by atoms with van der Waals surface area (Å²) in [4.78, 5) is 27.0. The number of carbonyl (C=O) groups excluding carboxylic acids is 2. The molecule has 1 atom stereocenters. The van der Waals surface area contributed by atoms with E-state index in [1.54, 1.807) is 13.2 Å². The van der Waals surface area contributed by atoms with Crippen molar-refractivity contribution in [3.8, 4) is 0 Å². The lowest BCUT2D eigenvalue weighted by atomic mass is 10.1. The topological polar surface area (TPSA) is 70.7 Å². The molecule has 1 aliphatic rings. The second-order valence-electron chi connectivity index (χ2n) is 6.82. The minimum Gasteiger partial charge on any atom is -0.385 e. The molecule has 28 heavy (non-hydrogen) atoms. The Morgan fingerprint density at radius 3 is 2.79 bits per heavy atom. The fraction of sp³-hybridized carbons (Fsp3) is 0.364. The van der Waals surface area contributed by atoms with Gasteiger partial charge < -0.3 is 20.3 Å². The molecule has 0 aliphatic carbocycles. The maximum absolute atomic E-state index is 12.9. The number of rotatable bonds is 9. The van der Waals surface area contributed by atoms with Crippen LogP contribution >= 0.6 is 0 Å². The van der Waals surface area contributed by atoms with Gasteiger partial charge in [-0.15, -0.1) is 0 Å². The van der Waals surface area contributed by atoms with E-state index in [9.17, 15) is 9.59 Å². The minimum atomic E-state index is -0.269. The summed E-state index contributed by atoms with van der Waals surface area (Å²) in [5, 5.41) is 6.33. The quantitative estimate of drug-likeness (QED) is 0.653. The van der Waals surface area contributed by atoms with Crippen LogP contribution in [0.1, 0.15) is 52.2 Å². The molecule has 2 amide bonds. The van der Waals surface area contributed by atoms with Crippen LogP contribution in [0, 0.1) is 0 Å². The maximum atomic E-state index is 12.9. The summed E-state index contributed by atoms with van der Waals surface area (Å²) in [6.45, 7) is 3.86. The van der Waals surface area contributed by atoms with Gasteiger partial charge in [0, 0.05) is 49.2 Å². The third kappa shape index (κ3) is 4.34. The fourth-order valence-corrected chi connectivity index (χ4v) is 3.38. The highest BCUT2D eigenvalue weighted by molar-refractivity contribution is 5.99. The zero-order valence-electron chi connectivity index (χ0n) is 16.4. The van der Waals surface area contributed by atoms with E-state index in [-0.39, 0.29) is 18.0 Å². The Labute approximate surface area is 165 Å². The van der Waals surface area contributed by atoms with Crippen LogP contribution in [0.3, 0.4) is 0 Å². The van der Waals surface area contributed by atoms with E-state index in [2.05, 4.69) is 10.6 Å². The van der Waals surface area contributed by atoms with E-state index in [0.29, 0.717) is 30.8 Å². The van der Waals surface area contributed by atoms with Gasteiger partial charge in [-0.3, -0.25) is 9.59 Å². The van der Waals surface area contributed by atoms with E-state index >= 15 is 0 Å². The summed E-state index contributed by atoms with van der Waals surface area (Å²) in [6.07, 6.45) is 1.38. The van der Waals surface area contributed by atoms with Crippen molar-refractivity contribution in [2.75, 3.05) is 32.1 Å². The number of nitrogens with zero attached hydrogens (tertiary/aromatic N) is 1. The first-order chi connectivity index (χ1) is 13.7. The third-order valence-corrected chi connectivity index (χ3v) is 4.77. The van der Waals surface area contributed by atoms with Crippen LogP contribution in [0.2, 0.25) is 0 Å². The van der Waals surface area contributed by atoms with Crippen LogP contribution in [0.15, 0.2) is 48.5 Å². The van der Waals surface area contributed by atoms with Crippen LogP contribution in [-0.4, -0.2) is 43.5 Å². The van der Waals surface area contributed by atoms with Crippen molar-refractivity contribution < 1.29 is 14.3 Å². The Kier molecular flexibility index (Phi) is 6.66. The molecule has 6 heteroatoms. The molecule has 1 aliphatic heterocycles. The molecular weight excluding hydrogens is 354 g/mol. The number of methoxy groups -OCH3 is 1. The van der Waals surface area contributed by atoms with Crippen LogP contribution in [0.25, 0.3) is 0 Å². The molecule has 0 radical (unpaired) electrons. The summed E-state index contributed by atoms with van der Waals surface area (Å²) < 4.78 is 5.14. The Morgan fingerprint density at radius 2 is 2.00 bits per heavy atom. The van der Waals surface area contributed by atoms with E-state index in [4.69, 9.17) is 4.74 Å². The molecule has 2 N–H and O–H groups in total. The molecular formula is C22H27N3O3. The summed E-state index contributed by atoms with van der Waals surface area (Å²) in [5.41, 5.74) is 3.07. The molecule has 0 saturated carbocycles. The first kappa shape index (κ1) is 19.9. The normalized spacial score (nSPS) is 15.4. The number of ether oxygens (including phenoxy) is 1. The van der Waals surface area contributed by atoms with E-state index in [0.717, 1.165) is 24.1 Å². The van der Waals surface area contributed by atoms with Crippen molar-refractivity contribution in [3.05, 3.63) is 65.2 Å². The zero-order chi connectivity index (χ0) is 19.9. The molecule has 1 unspecified atom stereocenters. The fourth-order valence-electron chi connectivity index (χ4n) is 3.38. The Bertz CT molecular complexity index is 837. The summed E-state index contributed by atoms with van der Waals surface area (Å²) in [7, 11) is 1.66. The average molecular weight is 381 g/mol. The van der Waals surface area contributed by atoms with Crippen LogP contribution < -0.4 is 10.6 Å². The number of hydrogen-bond donors (Lipinski definition) is 2. The maximum Gasteiger partial charge on any atom is 0.256 e. The third-order valence-electron chi connectivity index (χ3n) is 4.77. The second kappa shape index (κ2) is 9.37. The van der Waals surface area contributed by atoms with Gasteiger partial charge in [0.05, 0.1) is 0 Å². The molecule has 2 aromatic carbocycles. The highest BCUT2D eigenvalue weighted by atomic mass is 16.5. The second-order valence-corrected chi connectivity index (χ2v) is 6.82. The molecule has 0 bridgehead atoms. The van der Waals surface area contributed by atoms with Gasteiger partial charge in [0.1, 0.15) is 6.17 Å². The van der Waals surface area contributed by atoms with Crippen molar-refractivity contribution in [2.24, 2.45) is 0 Å². The first-order valence-electron chi connectivity index (χ1n) is 9.69. The largest absolute Gasteiger partial charge is 0.385 e. The number of anilines is 1.